The molecule has 0 bridgehead atoms. The lowest BCUT2D eigenvalue weighted by Crippen LogP contribution is -2.38. The van der Waals surface area contributed by atoms with E-state index in [1.165, 1.54) is 35.0 Å². The van der Waals surface area contributed by atoms with Crippen molar-refractivity contribution < 1.29 is 18.4 Å². The topological polar surface area (TPSA) is 105 Å². The van der Waals surface area contributed by atoms with Crippen LogP contribution in [-0.2, 0) is 13.6 Å². The van der Waals surface area contributed by atoms with Crippen LogP contribution in [0, 0.1) is 23.5 Å². The van der Waals surface area contributed by atoms with E-state index in [-0.39, 0.29) is 47.0 Å². The maximum Gasteiger partial charge on any atom is 0.317 e. The molecule has 0 spiro atoms. The molecule has 2 heterocycles. The van der Waals surface area contributed by atoms with E-state index in [2.05, 4.69) is 15.7 Å². The summed E-state index contributed by atoms with van der Waals surface area (Å²) in [4.78, 5) is 27.6. The molecule has 2 unspecified atom stereocenters. The lowest BCUT2D eigenvalue weighted by Gasteiger charge is -2.20. The van der Waals surface area contributed by atoms with Crippen molar-refractivity contribution in [1.29, 1.82) is 0 Å². The van der Waals surface area contributed by atoms with Crippen molar-refractivity contribution in [3.05, 3.63) is 75.9 Å². The number of aryl methyl sites for hydroxylation is 1. The van der Waals surface area contributed by atoms with Crippen LogP contribution in [-0.4, -0.2) is 39.7 Å². The second-order valence-corrected chi connectivity index (χ2v) is 10.1. The highest BCUT2D eigenvalue weighted by Crippen LogP contribution is 2.47. The summed E-state index contributed by atoms with van der Waals surface area (Å²) in [6, 6.07) is 9.94. The highest BCUT2D eigenvalue weighted by molar-refractivity contribution is 6.31. The Hall–Kier alpha value is -3.66. The summed E-state index contributed by atoms with van der Waals surface area (Å²) in [5.41, 5.74) is 8.21. The van der Waals surface area contributed by atoms with E-state index in [0.717, 1.165) is 12.8 Å². The maximum absolute atomic E-state index is 13.5. The van der Waals surface area contributed by atoms with Crippen LogP contribution in [0.2, 0.25) is 5.02 Å². The number of benzene rings is 2. The quantitative estimate of drug-likeness (QED) is 0.453. The zero-order valence-corrected chi connectivity index (χ0v) is 20.9. The third-order valence-electron chi connectivity index (χ3n) is 7.28. The van der Waals surface area contributed by atoms with E-state index < -0.39 is 11.7 Å². The second-order valence-electron chi connectivity index (χ2n) is 9.73. The van der Waals surface area contributed by atoms with E-state index in [0.29, 0.717) is 35.6 Å². The number of halogens is 3. The lowest BCUT2D eigenvalue weighted by molar-refractivity contribution is 0.102. The largest absolute Gasteiger partial charge is 0.383 e. The van der Waals surface area contributed by atoms with Crippen LogP contribution >= 0.6 is 11.6 Å². The van der Waals surface area contributed by atoms with Gasteiger partial charge < -0.3 is 21.3 Å². The standard InChI is InChI=1S/C26H27ClF2N6O2/c1-34-24(30)22(25(36)32-19-5-6-21(29)20(27)10-19)23(33-34)15-8-16-12-35(13-17(16)9-15)26(37)31-11-14-3-2-4-18(28)7-14/h2-7,10,15-17H,8-9,11-13,30H2,1H3,(H,31,37)(H,32,36). The molecule has 1 aliphatic heterocycles. The zero-order valence-electron chi connectivity index (χ0n) is 20.2. The SMILES string of the molecule is Cn1nc(C2CC3CN(C(=O)NCc4cccc(F)c4)CC3C2)c(C(=O)Nc2ccc(F)c(Cl)c2)c1N. The van der Waals surface area contributed by atoms with Crippen molar-refractivity contribution in [1.82, 2.24) is 20.0 Å². The summed E-state index contributed by atoms with van der Waals surface area (Å²) in [6.45, 7) is 1.47. The molecule has 5 rings (SSSR count). The number of nitrogens with zero attached hydrogens (tertiary/aromatic N) is 3. The molecule has 1 aromatic heterocycles. The summed E-state index contributed by atoms with van der Waals surface area (Å²) >= 11 is 5.84. The van der Waals surface area contributed by atoms with E-state index in [4.69, 9.17) is 17.3 Å². The third-order valence-corrected chi connectivity index (χ3v) is 7.57. The minimum Gasteiger partial charge on any atom is -0.383 e. The molecule has 0 radical (unpaired) electrons. The highest BCUT2D eigenvalue weighted by atomic mass is 35.5. The molecule has 194 valence electrons. The Morgan fingerprint density at radius 2 is 1.86 bits per heavy atom. The second kappa shape index (κ2) is 10.0. The van der Waals surface area contributed by atoms with Gasteiger partial charge in [0.15, 0.2) is 0 Å². The summed E-state index contributed by atoms with van der Waals surface area (Å²) in [6.07, 6.45) is 1.55. The molecule has 2 aromatic carbocycles. The van der Waals surface area contributed by atoms with Crippen molar-refractivity contribution in [2.45, 2.75) is 25.3 Å². The number of urea groups is 1. The van der Waals surface area contributed by atoms with Crippen LogP contribution in [0.4, 0.5) is 25.1 Å². The van der Waals surface area contributed by atoms with Gasteiger partial charge in [0.2, 0.25) is 0 Å². The molecule has 2 aliphatic rings. The minimum absolute atomic E-state index is 0.0218. The number of carbonyl (C=O) groups is 2. The Bertz CT molecular complexity index is 1350. The number of anilines is 2. The predicted octanol–water partition coefficient (Wildman–Crippen LogP) is 4.52. The van der Waals surface area contributed by atoms with Gasteiger partial charge in [0.25, 0.3) is 5.91 Å². The first-order valence-corrected chi connectivity index (χ1v) is 12.4. The predicted molar refractivity (Wildman–Crippen MR) is 136 cm³/mol. The first-order valence-electron chi connectivity index (χ1n) is 12.1. The summed E-state index contributed by atoms with van der Waals surface area (Å²) in [7, 11) is 1.69. The fourth-order valence-corrected chi connectivity index (χ4v) is 5.65. The lowest BCUT2D eigenvalue weighted by atomic mass is 9.97. The van der Waals surface area contributed by atoms with Crippen LogP contribution in [0.1, 0.15) is 40.4 Å². The summed E-state index contributed by atoms with van der Waals surface area (Å²) in [5, 5.41) is 10.1. The Balaban J connectivity index is 1.23. The molecule has 8 nitrogen and oxygen atoms in total. The molecule has 11 heteroatoms. The highest BCUT2D eigenvalue weighted by Gasteiger charge is 2.44. The van der Waals surface area contributed by atoms with Crippen molar-refractivity contribution in [2.24, 2.45) is 18.9 Å². The number of likely N-dealkylation sites (tertiary alicyclic amines) is 1. The summed E-state index contributed by atoms with van der Waals surface area (Å²) < 4.78 is 28.4. The van der Waals surface area contributed by atoms with Crippen LogP contribution in [0.3, 0.4) is 0 Å². The Kier molecular flexibility index (Phi) is 6.76. The maximum atomic E-state index is 13.5. The van der Waals surface area contributed by atoms with Gasteiger partial charge in [-0.15, -0.1) is 0 Å². The number of rotatable bonds is 5. The van der Waals surface area contributed by atoms with Gasteiger partial charge in [-0.05, 0) is 60.6 Å². The van der Waals surface area contributed by atoms with Crippen LogP contribution < -0.4 is 16.4 Å². The average Bonchev–Trinajstić information content (AvgIpc) is 3.52. The molecule has 37 heavy (non-hydrogen) atoms. The first kappa shape index (κ1) is 25.0. The number of nitrogens with one attached hydrogen (secondary N) is 2. The zero-order chi connectivity index (χ0) is 26.3. The van der Waals surface area contributed by atoms with Gasteiger partial charge in [-0.25, -0.2) is 13.6 Å². The number of nitrogens with two attached hydrogens (primary N) is 1. The van der Waals surface area contributed by atoms with Crippen LogP contribution in [0.5, 0.6) is 0 Å². The Morgan fingerprint density at radius 1 is 1.14 bits per heavy atom. The number of carbonyl (C=O) groups excluding carboxylic acids is 2. The molecular formula is C26H27ClF2N6O2. The fraction of sp³-hybridized carbons (Fsp3) is 0.346. The molecule has 2 fully saturated rings. The van der Waals surface area contributed by atoms with Gasteiger partial charge >= 0.3 is 6.03 Å². The van der Waals surface area contributed by atoms with Gasteiger partial charge in [-0.1, -0.05) is 23.7 Å². The molecule has 3 aromatic rings. The minimum atomic E-state index is -0.574. The fourth-order valence-electron chi connectivity index (χ4n) is 5.47. The van der Waals surface area contributed by atoms with Crippen LogP contribution in [0.25, 0.3) is 0 Å². The molecule has 1 saturated heterocycles. The molecule has 1 aliphatic carbocycles. The van der Waals surface area contributed by atoms with Crippen molar-refractivity contribution in [3.63, 3.8) is 0 Å². The van der Waals surface area contributed by atoms with Gasteiger partial charge in [0, 0.05) is 38.3 Å². The van der Waals surface area contributed by atoms with Gasteiger partial charge in [-0.3, -0.25) is 9.48 Å². The van der Waals surface area contributed by atoms with Crippen LogP contribution in [0.15, 0.2) is 42.5 Å². The number of aromatic nitrogens is 2. The smallest absolute Gasteiger partial charge is 0.317 e. The monoisotopic (exact) mass is 528 g/mol. The Labute approximate surface area is 217 Å². The van der Waals surface area contributed by atoms with E-state index in [9.17, 15) is 18.4 Å². The van der Waals surface area contributed by atoms with Gasteiger partial charge in [-0.2, -0.15) is 5.10 Å². The van der Waals surface area contributed by atoms with E-state index in [1.807, 2.05) is 0 Å². The van der Waals surface area contributed by atoms with Crippen molar-refractivity contribution >= 4 is 35.0 Å². The number of hydrogen-bond donors (Lipinski definition) is 3. The average molecular weight is 529 g/mol. The molecule has 2 atom stereocenters. The van der Waals surface area contributed by atoms with Gasteiger partial charge in [0.1, 0.15) is 23.0 Å². The molecule has 1 saturated carbocycles. The number of hydrogen-bond acceptors (Lipinski definition) is 4. The number of nitrogen functional groups attached to an aromatic ring is 1. The summed E-state index contributed by atoms with van der Waals surface area (Å²) in [5.74, 6) is -0.517. The number of fused-ring (bicyclic) bond motifs is 1. The molecule has 3 amide bonds. The molecule has 4 N–H and O–H groups in total. The van der Waals surface area contributed by atoms with Crippen molar-refractivity contribution in [2.75, 3.05) is 24.1 Å². The van der Waals surface area contributed by atoms with E-state index >= 15 is 0 Å². The van der Waals surface area contributed by atoms with Gasteiger partial charge in [0.05, 0.1) is 10.7 Å². The third kappa shape index (κ3) is 5.11. The Morgan fingerprint density at radius 3 is 2.54 bits per heavy atom. The number of amides is 3. The van der Waals surface area contributed by atoms with E-state index in [1.54, 1.807) is 24.1 Å². The van der Waals surface area contributed by atoms with Crippen molar-refractivity contribution in [3.8, 4) is 0 Å². The normalized spacial score (nSPS) is 20.6. The first-order chi connectivity index (χ1) is 17.7. The molecular weight excluding hydrogens is 502 g/mol.